The molecule has 2 fully saturated rings. The van der Waals surface area contributed by atoms with Crippen molar-refractivity contribution in [3.8, 4) is 0 Å². The highest BCUT2D eigenvalue weighted by molar-refractivity contribution is 5.71. The van der Waals surface area contributed by atoms with Gasteiger partial charge in [0, 0.05) is 25.7 Å². The Balaban J connectivity index is 1.83. The van der Waals surface area contributed by atoms with Crippen LogP contribution in [-0.4, -0.2) is 154 Å². The molecule has 0 saturated carbocycles. The zero-order chi connectivity index (χ0) is 48.4. The van der Waals surface area contributed by atoms with Crippen molar-refractivity contribution < 1.29 is 79.6 Å². The average Bonchev–Trinajstić information content (AvgIpc) is 3.21. The first-order valence-corrected chi connectivity index (χ1v) is 23.0. The summed E-state index contributed by atoms with van der Waals surface area (Å²) < 4.78 is 23.4. The van der Waals surface area contributed by atoms with Crippen molar-refractivity contribution in [3.05, 3.63) is 72.9 Å². The molecule has 0 amide bonds. The fourth-order valence-electron chi connectivity index (χ4n) is 8.35. The predicted octanol–water partition coefficient (Wildman–Crippen LogP) is 2.21. The Morgan fingerprint density at radius 2 is 1.32 bits per heavy atom. The van der Waals surface area contributed by atoms with Gasteiger partial charge in [0.05, 0.1) is 73.5 Å². The lowest BCUT2D eigenvalue weighted by atomic mass is 9.82. The van der Waals surface area contributed by atoms with E-state index in [9.17, 15) is 60.7 Å². The number of carboxylic acids is 1. The lowest BCUT2D eigenvalue weighted by Gasteiger charge is -2.45. The predicted molar refractivity (Wildman–Crippen MR) is 240 cm³/mol. The first kappa shape index (κ1) is 56.2. The second kappa shape index (κ2) is 27.6. The SMILES string of the molecule is C[C@@H]1[C@H](C)[C@@H](C)/C=C/C=C/C=C/C=C/C=C/CC/C=C/[C@H](O[C@@H]2O[C@H](C)[C@@H](O)[C@H](N)[C@@H]2O)C[C@@H]2O[C@](O)(C[C@@H](O)C[C@@H](O)[C@H](O)CC[C@@H](O)C[C@@H](O)CC(=O)O[C@H]1C)C[C@H](O)[C@H]2C(=O)O. The van der Waals surface area contributed by atoms with E-state index in [1.165, 1.54) is 0 Å². The summed E-state index contributed by atoms with van der Waals surface area (Å²) in [6.07, 6.45) is 4.65. The van der Waals surface area contributed by atoms with Gasteiger partial charge in [0.25, 0.3) is 0 Å². The molecule has 370 valence electrons. The number of carbonyl (C=O) groups excluding carboxylic acids is 1. The van der Waals surface area contributed by atoms with Crippen LogP contribution in [0.1, 0.15) is 98.8 Å². The summed E-state index contributed by atoms with van der Waals surface area (Å²) in [6.45, 7) is 9.52. The van der Waals surface area contributed by atoms with E-state index in [-0.39, 0.29) is 49.9 Å². The van der Waals surface area contributed by atoms with Gasteiger partial charge in [0.1, 0.15) is 18.1 Å². The van der Waals surface area contributed by atoms with Crippen molar-refractivity contribution in [2.45, 2.75) is 190 Å². The topological polar surface area (TPSA) is 299 Å². The Hall–Kier alpha value is -3.14. The molecule has 3 aliphatic heterocycles. The van der Waals surface area contributed by atoms with Gasteiger partial charge in [-0.25, -0.2) is 0 Å². The van der Waals surface area contributed by atoms with E-state index in [0.717, 1.165) is 0 Å². The molecule has 19 atom stereocenters. The van der Waals surface area contributed by atoms with Crippen LogP contribution in [-0.2, 0) is 28.5 Å². The number of hydrogen-bond acceptors (Lipinski definition) is 16. The van der Waals surface area contributed by atoms with E-state index in [4.69, 9.17) is 24.7 Å². The number of aliphatic hydroxyl groups is 9. The maximum absolute atomic E-state index is 12.7. The lowest BCUT2D eigenvalue weighted by molar-refractivity contribution is -0.308. The average molecular weight is 924 g/mol. The number of aliphatic carboxylic acids is 1. The molecule has 0 aromatic rings. The van der Waals surface area contributed by atoms with Crippen LogP contribution in [0.2, 0.25) is 0 Å². The van der Waals surface area contributed by atoms with Gasteiger partial charge in [-0.05, 0) is 63.7 Å². The molecule has 12 N–H and O–H groups in total. The highest BCUT2D eigenvalue weighted by Crippen LogP contribution is 2.38. The third-order valence-electron chi connectivity index (χ3n) is 12.8. The molecule has 0 aromatic carbocycles. The van der Waals surface area contributed by atoms with Crippen LogP contribution in [0.5, 0.6) is 0 Å². The molecule has 17 heteroatoms. The van der Waals surface area contributed by atoms with Crippen molar-refractivity contribution in [1.82, 2.24) is 0 Å². The lowest BCUT2D eigenvalue weighted by Crippen LogP contribution is -2.61. The number of carboxylic acid groups (broad SMARTS) is 1. The van der Waals surface area contributed by atoms with Crippen LogP contribution in [0.15, 0.2) is 72.9 Å². The standard InChI is InChI=1S/C48H77NO16/c1-28-18-16-14-12-10-8-6-7-9-11-13-15-17-19-36(64-47-45(58)43(49)44(57)32(5)63-47)25-40-42(46(59)60)39(55)27-48(61,65-40)26-35(52)23-38(54)37(53)21-20-33(50)22-34(51)24-41(56)62-31(4)30(3)29(28)2/h6-12,14,16-19,28-40,42-45,47,50-55,57-58,61H,13,15,20-27,49H2,1-5H3,(H,59,60)/b7-6+,10-8+,11-9+,14-12+,18-16+,19-17+/t28-,29+,30+,31-,32+,33+,34+,35-,36-,37+,38+,39-,40-,42+,43-,44+,45-,47-,48+/m0/s1. The number of nitrogens with two attached hydrogens (primary N) is 1. The zero-order valence-corrected chi connectivity index (χ0v) is 38.4. The minimum atomic E-state index is -2.30. The van der Waals surface area contributed by atoms with Gasteiger partial charge in [-0.2, -0.15) is 0 Å². The second-order valence-electron chi connectivity index (χ2n) is 18.2. The molecule has 17 nitrogen and oxygen atoms in total. The summed E-state index contributed by atoms with van der Waals surface area (Å²) >= 11 is 0. The van der Waals surface area contributed by atoms with E-state index in [1.807, 2.05) is 61.6 Å². The molecule has 0 aromatic heterocycles. The van der Waals surface area contributed by atoms with E-state index in [1.54, 1.807) is 26.0 Å². The highest BCUT2D eigenvalue weighted by Gasteiger charge is 2.51. The number of aliphatic hydroxyl groups excluding tert-OH is 8. The summed E-state index contributed by atoms with van der Waals surface area (Å²) in [5.41, 5.74) is 6.04. The van der Waals surface area contributed by atoms with Gasteiger partial charge in [-0.3, -0.25) is 9.59 Å². The van der Waals surface area contributed by atoms with Crippen LogP contribution < -0.4 is 5.73 Å². The van der Waals surface area contributed by atoms with Crippen LogP contribution in [0.25, 0.3) is 0 Å². The molecule has 3 aliphatic rings. The number of cyclic esters (lactones) is 1. The molecule has 0 radical (unpaired) electrons. The summed E-state index contributed by atoms with van der Waals surface area (Å²) in [6, 6.07) is -1.13. The van der Waals surface area contributed by atoms with Crippen molar-refractivity contribution in [1.29, 1.82) is 0 Å². The fraction of sp³-hybridized carbons (Fsp3) is 0.708. The number of rotatable bonds is 3. The third kappa shape index (κ3) is 18.8. The molecule has 2 bridgehead atoms. The van der Waals surface area contributed by atoms with Gasteiger partial charge in [0.2, 0.25) is 0 Å². The van der Waals surface area contributed by atoms with Gasteiger partial charge in [0.15, 0.2) is 12.1 Å². The summed E-state index contributed by atoms with van der Waals surface area (Å²) in [5, 5.41) is 107. The van der Waals surface area contributed by atoms with Gasteiger partial charge in [-0.1, -0.05) is 93.7 Å². The molecule has 0 unspecified atom stereocenters. The van der Waals surface area contributed by atoms with E-state index in [2.05, 4.69) is 19.9 Å². The minimum absolute atomic E-state index is 0.00339. The fourth-order valence-corrected chi connectivity index (χ4v) is 8.35. The molecule has 3 rings (SSSR count). The van der Waals surface area contributed by atoms with Gasteiger partial charge < -0.3 is 75.7 Å². The smallest absolute Gasteiger partial charge is 0.311 e. The molecule has 0 spiro atoms. The molecule has 3 heterocycles. The van der Waals surface area contributed by atoms with Crippen molar-refractivity contribution >= 4 is 11.9 Å². The first-order valence-electron chi connectivity index (χ1n) is 23.0. The largest absolute Gasteiger partial charge is 0.481 e. The van der Waals surface area contributed by atoms with Crippen molar-refractivity contribution in [2.24, 2.45) is 29.4 Å². The van der Waals surface area contributed by atoms with Crippen LogP contribution in [0, 0.1) is 23.7 Å². The second-order valence-corrected chi connectivity index (χ2v) is 18.2. The van der Waals surface area contributed by atoms with E-state index in [0.29, 0.717) is 12.8 Å². The van der Waals surface area contributed by atoms with E-state index < -0.39 is 128 Å². The number of fused-ring (bicyclic) bond motifs is 2. The quantitative estimate of drug-likeness (QED) is 0.143. The maximum Gasteiger partial charge on any atom is 0.311 e. The first-order chi connectivity index (χ1) is 30.6. The Labute approximate surface area is 383 Å². The van der Waals surface area contributed by atoms with Crippen LogP contribution in [0.4, 0.5) is 0 Å². The molecular weight excluding hydrogens is 847 g/mol. The minimum Gasteiger partial charge on any atom is -0.481 e. The summed E-state index contributed by atoms with van der Waals surface area (Å²) in [4.78, 5) is 25.2. The van der Waals surface area contributed by atoms with Crippen LogP contribution >= 0.6 is 0 Å². The highest BCUT2D eigenvalue weighted by atomic mass is 16.7. The van der Waals surface area contributed by atoms with Gasteiger partial charge >= 0.3 is 11.9 Å². The molecular formula is C48H77NO16. The molecule has 2 saturated heterocycles. The monoisotopic (exact) mass is 924 g/mol. The third-order valence-corrected chi connectivity index (χ3v) is 12.8. The number of esters is 1. The maximum atomic E-state index is 12.7. The normalized spacial score (nSPS) is 45.2. The van der Waals surface area contributed by atoms with Crippen molar-refractivity contribution in [3.63, 3.8) is 0 Å². The van der Waals surface area contributed by atoms with Gasteiger partial charge in [-0.15, -0.1) is 0 Å². The summed E-state index contributed by atoms with van der Waals surface area (Å²) in [7, 11) is 0. The Morgan fingerprint density at radius 3 is 1.98 bits per heavy atom. The number of allylic oxidation sites excluding steroid dienone is 11. The van der Waals surface area contributed by atoms with E-state index >= 15 is 0 Å². The number of hydrogen-bond donors (Lipinski definition) is 11. The van der Waals surface area contributed by atoms with Crippen LogP contribution in [0.3, 0.4) is 0 Å². The number of carbonyl (C=O) groups is 2. The summed E-state index contributed by atoms with van der Waals surface area (Å²) in [5.74, 6) is -5.58. The molecule has 0 aliphatic carbocycles. The Kier molecular flexibility index (Phi) is 23.9. The molecule has 65 heavy (non-hydrogen) atoms. The van der Waals surface area contributed by atoms with Crippen molar-refractivity contribution in [2.75, 3.05) is 0 Å². The number of ether oxygens (including phenoxy) is 4. The Morgan fingerprint density at radius 1 is 0.692 bits per heavy atom. The Bertz CT molecular complexity index is 1620. The zero-order valence-electron chi connectivity index (χ0n) is 38.4.